The Hall–Kier alpha value is -7.66. The molecule has 2 nitrogen and oxygen atoms in total. The van der Waals surface area contributed by atoms with Gasteiger partial charge in [-0.15, -0.1) is 11.3 Å². The van der Waals surface area contributed by atoms with Crippen LogP contribution in [0.5, 0.6) is 0 Å². The number of para-hydroxylation sites is 1. The van der Waals surface area contributed by atoms with Crippen molar-refractivity contribution in [3.05, 3.63) is 245 Å². The van der Waals surface area contributed by atoms with Crippen LogP contribution in [0.15, 0.2) is 206 Å². The lowest BCUT2D eigenvalue weighted by Gasteiger charge is -2.43. The Bertz CT molecular complexity index is 3700. The first-order valence-electron chi connectivity index (χ1n) is 24.4. The number of hydrogen-bond donors (Lipinski definition) is 0. The number of fused-ring (bicyclic) bond motifs is 15. The molecule has 0 radical (unpaired) electrons. The van der Waals surface area contributed by atoms with E-state index in [-0.39, 0.29) is 12.1 Å². The van der Waals surface area contributed by atoms with Crippen molar-refractivity contribution in [2.45, 2.75) is 45.4 Å². The fraction of sp³-hybridized carbons (Fsp3) is 0.108. The summed E-state index contributed by atoms with van der Waals surface area (Å²) < 4.78 is 1.40. The molecule has 14 rings (SSSR count). The summed E-state index contributed by atoms with van der Waals surface area (Å²) in [6.45, 7) is 11.5. The van der Waals surface area contributed by atoms with E-state index in [1.165, 1.54) is 127 Å². The summed E-state index contributed by atoms with van der Waals surface area (Å²) in [7, 11) is 0. The molecule has 1 aromatic heterocycles. The molecule has 4 aliphatic rings. The molecule has 0 saturated carbocycles. The van der Waals surface area contributed by atoms with Crippen molar-refractivity contribution < 1.29 is 0 Å². The van der Waals surface area contributed by atoms with Gasteiger partial charge in [-0.2, -0.15) is 0 Å². The minimum Gasteiger partial charge on any atom is -0.311 e. The Morgan fingerprint density at radius 2 is 1.03 bits per heavy atom. The zero-order valence-electron chi connectivity index (χ0n) is 39.5. The van der Waals surface area contributed by atoms with Gasteiger partial charge in [-0.3, -0.25) is 0 Å². The molecule has 0 amide bonds. The summed E-state index contributed by atoms with van der Waals surface area (Å²) >= 11 is 2.06. The van der Waals surface area contributed by atoms with E-state index in [9.17, 15) is 0 Å². The predicted molar refractivity (Wildman–Crippen MR) is 294 cm³/mol. The Balaban J connectivity index is 1.11. The summed E-state index contributed by atoms with van der Waals surface area (Å²) in [6, 6.07) is 78.3. The summed E-state index contributed by atoms with van der Waals surface area (Å²) in [5.74, 6) is 0. The second kappa shape index (κ2) is 14.7. The van der Waals surface area contributed by atoms with Crippen LogP contribution < -0.4 is 25.5 Å². The SMILES string of the molecule is Cc1ccc(N2c3cc(C)cc4c3B(c3ccc(-c5ccccc5-c5ccccc5)cc3N4c3ccccc3)c3sc4c(c32)-c2ccc(C(C)(C)C)cc2C42c3ccccc3-c3ccccc32)cc1. The van der Waals surface area contributed by atoms with Gasteiger partial charge in [-0.25, -0.2) is 0 Å². The van der Waals surface area contributed by atoms with Crippen molar-refractivity contribution in [1.29, 1.82) is 0 Å². The smallest absolute Gasteiger partial charge is 0.264 e. The van der Waals surface area contributed by atoms with Crippen molar-refractivity contribution >= 4 is 67.9 Å². The van der Waals surface area contributed by atoms with Crippen LogP contribution in [0, 0.1) is 13.8 Å². The molecule has 328 valence electrons. The average molecular weight is 901 g/mol. The largest absolute Gasteiger partial charge is 0.311 e. The highest BCUT2D eigenvalue weighted by Crippen LogP contribution is 2.67. The van der Waals surface area contributed by atoms with Gasteiger partial charge in [0.2, 0.25) is 0 Å². The molecule has 2 aliphatic heterocycles. The third-order valence-electron chi connectivity index (χ3n) is 15.5. The maximum atomic E-state index is 2.65. The summed E-state index contributed by atoms with van der Waals surface area (Å²) in [5.41, 5.74) is 27.8. The fourth-order valence-electron chi connectivity index (χ4n) is 12.5. The number of nitrogens with zero attached hydrogens (tertiary/aromatic N) is 2. The molecule has 0 saturated heterocycles. The fourth-order valence-corrected chi connectivity index (χ4v) is 14.1. The van der Waals surface area contributed by atoms with E-state index >= 15 is 0 Å². The lowest BCUT2D eigenvalue weighted by molar-refractivity contribution is 0.588. The zero-order chi connectivity index (χ0) is 46.3. The van der Waals surface area contributed by atoms with Gasteiger partial charge in [-0.05, 0) is 139 Å². The molecule has 10 aromatic rings. The molecular formula is C65H49BN2S. The average Bonchev–Trinajstić information content (AvgIpc) is 4.00. The molecule has 3 heterocycles. The van der Waals surface area contributed by atoms with Crippen molar-refractivity contribution in [2.75, 3.05) is 9.80 Å². The quantitative estimate of drug-likeness (QED) is 0.162. The van der Waals surface area contributed by atoms with Gasteiger partial charge in [0.25, 0.3) is 6.71 Å². The van der Waals surface area contributed by atoms with Crippen LogP contribution in [0.2, 0.25) is 0 Å². The summed E-state index contributed by atoms with van der Waals surface area (Å²) in [6.07, 6.45) is 0. The van der Waals surface area contributed by atoms with Gasteiger partial charge in [-0.1, -0.05) is 190 Å². The van der Waals surface area contributed by atoms with E-state index in [1.807, 2.05) is 0 Å². The van der Waals surface area contributed by atoms with Gasteiger partial charge in [0.1, 0.15) is 0 Å². The van der Waals surface area contributed by atoms with Crippen molar-refractivity contribution in [3.8, 4) is 44.5 Å². The van der Waals surface area contributed by atoms with E-state index in [0.717, 1.165) is 5.69 Å². The lowest BCUT2D eigenvalue weighted by atomic mass is 9.36. The third kappa shape index (κ3) is 5.61. The minimum absolute atomic E-state index is 0.0162. The molecule has 4 heteroatoms. The Kier molecular flexibility index (Phi) is 8.60. The van der Waals surface area contributed by atoms with Gasteiger partial charge in [0, 0.05) is 43.7 Å². The van der Waals surface area contributed by atoms with E-state index in [2.05, 4.69) is 262 Å². The lowest BCUT2D eigenvalue weighted by Crippen LogP contribution is -2.60. The maximum Gasteiger partial charge on any atom is 0.264 e. The van der Waals surface area contributed by atoms with Crippen LogP contribution in [0.1, 0.15) is 59.0 Å². The second-order valence-corrected chi connectivity index (χ2v) is 21.6. The van der Waals surface area contributed by atoms with Crippen LogP contribution in [0.25, 0.3) is 44.5 Å². The van der Waals surface area contributed by atoms with E-state index in [0.29, 0.717) is 0 Å². The van der Waals surface area contributed by atoms with Crippen molar-refractivity contribution in [2.24, 2.45) is 0 Å². The number of anilines is 6. The molecule has 0 N–H and O–H groups in total. The zero-order valence-corrected chi connectivity index (χ0v) is 40.3. The van der Waals surface area contributed by atoms with Crippen LogP contribution >= 0.6 is 11.3 Å². The number of thiophene rings is 1. The molecule has 0 atom stereocenters. The monoisotopic (exact) mass is 900 g/mol. The molecule has 2 aliphatic carbocycles. The van der Waals surface area contributed by atoms with Gasteiger partial charge in [0.05, 0.1) is 11.1 Å². The predicted octanol–water partition coefficient (Wildman–Crippen LogP) is 15.4. The number of hydrogen-bond acceptors (Lipinski definition) is 3. The molecule has 0 unspecified atom stereocenters. The van der Waals surface area contributed by atoms with Gasteiger partial charge >= 0.3 is 0 Å². The molecule has 0 fully saturated rings. The summed E-state index contributed by atoms with van der Waals surface area (Å²) in [5, 5.41) is 0. The van der Waals surface area contributed by atoms with Gasteiger partial charge in [0.15, 0.2) is 0 Å². The van der Waals surface area contributed by atoms with Crippen LogP contribution in [-0.4, -0.2) is 6.71 Å². The van der Waals surface area contributed by atoms with Crippen molar-refractivity contribution in [1.82, 2.24) is 0 Å². The number of aryl methyl sites for hydroxylation is 2. The highest BCUT2D eigenvalue weighted by atomic mass is 32.1. The molecular weight excluding hydrogens is 852 g/mol. The Labute approximate surface area is 409 Å². The maximum absolute atomic E-state index is 2.65. The minimum atomic E-state index is -0.483. The topological polar surface area (TPSA) is 6.48 Å². The first-order valence-corrected chi connectivity index (χ1v) is 25.2. The summed E-state index contributed by atoms with van der Waals surface area (Å²) in [4.78, 5) is 6.63. The third-order valence-corrected chi connectivity index (χ3v) is 16.9. The Morgan fingerprint density at radius 3 is 1.70 bits per heavy atom. The van der Waals surface area contributed by atoms with E-state index in [1.54, 1.807) is 0 Å². The number of benzene rings is 9. The van der Waals surface area contributed by atoms with Crippen LogP contribution in [-0.2, 0) is 10.8 Å². The molecule has 9 aromatic carbocycles. The van der Waals surface area contributed by atoms with E-state index in [4.69, 9.17) is 0 Å². The van der Waals surface area contributed by atoms with Crippen molar-refractivity contribution in [3.63, 3.8) is 0 Å². The first kappa shape index (κ1) is 40.4. The molecule has 1 spiro atoms. The number of rotatable bonds is 4. The van der Waals surface area contributed by atoms with Gasteiger partial charge < -0.3 is 9.80 Å². The Morgan fingerprint density at radius 1 is 0.449 bits per heavy atom. The highest BCUT2D eigenvalue weighted by Gasteiger charge is 2.57. The molecule has 69 heavy (non-hydrogen) atoms. The molecule has 0 bridgehead atoms. The normalized spacial score (nSPS) is 14.2. The second-order valence-electron chi connectivity index (χ2n) is 20.5. The highest BCUT2D eigenvalue weighted by molar-refractivity contribution is 7.30. The van der Waals surface area contributed by atoms with Crippen LogP contribution in [0.4, 0.5) is 34.1 Å². The van der Waals surface area contributed by atoms with E-state index < -0.39 is 5.41 Å². The van der Waals surface area contributed by atoms with Crippen LogP contribution in [0.3, 0.4) is 0 Å². The first-order chi connectivity index (χ1) is 33.7. The standard InChI is InChI=1S/C65H49BN2S/c1-40-28-32-46(33-29-40)68-58-37-41(2)36-57-60(58)66(55-35-30-43(38-56(55)67(57)45-20-10-7-11-21-45)48-23-13-12-22-47(48)42-18-8-6-9-19-42)63-61(68)59-51-34-31-44(64(3,4)5)39-54(51)65(62(59)69-63)52-26-16-14-24-49(52)50-25-15-17-27-53(50)65/h6-39H,1-5H3.